The van der Waals surface area contributed by atoms with Crippen molar-refractivity contribution in [3.63, 3.8) is 0 Å². The summed E-state index contributed by atoms with van der Waals surface area (Å²) >= 11 is 0. The topological polar surface area (TPSA) is 20.3 Å². The summed E-state index contributed by atoms with van der Waals surface area (Å²) in [5.74, 6) is 0.464. The fraction of sp³-hybridized carbons (Fsp3) is 0.786. The van der Waals surface area contributed by atoms with Crippen LogP contribution in [-0.2, 0) is 4.79 Å². The molecule has 0 radical (unpaired) electrons. The fourth-order valence-corrected chi connectivity index (χ4v) is 2.75. The van der Waals surface area contributed by atoms with E-state index in [1.54, 1.807) is 0 Å². The van der Waals surface area contributed by atoms with E-state index in [9.17, 15) is 4.79 Å². The predicted molar refractivity (Wildman–Crippen MR) is 66.4 cm³/mol. The molecule has 1 unspecified atom stereocenters. The number of carbonyl (C=O) groups is 1. The molecule has 1 atom stereocenters. The maximum absolute atomic E-state index is 11.6. The summed E-state index contributed by atoms with van der Waals surface area (Å²) in [5.41, 5.74) is 0. The smallest absolute Gasteiger partial charge is 0.132 e. The summed E-state index contributed by atoms with van der Waals surface area (Å²) in [6, 6.07) is 0.530. The number of likely N-dealkylation sites (tertiary alicyclic amines) is 1. The molecule has 0 aromatic heterocycles. The second-order valence-corrected chi connectivity index (χ2v) is 5.06. The summed E-state index contributed by atoms with van der Waals surface area (Å²) in [4.78, 5) is 14.1. The van der Waals surface area contributed by atoms with Gasteiger partial charge in [-0.05, 0) is 45.2 Å². The zero-order chi connectivity index (χ0) is 11.2. The Labute approximate surface area is 98.7 Å². The molecule has 2 rings (SSSR count). The Morgan fingerprint density at radius 2 is 1.88 bits per heavy atom. The van der Waals surface area contributed by atoms with Gasteiger partial charge in [0.25, 0.3) is 0 Å². The van der Waals surface area contributed by atoms with E-state index < -0.39 is 0 Å². The predicted octanol–water partition coefficient (Wildman–Crippen LogP) is 2.93. The third-order valence-corrected chi connectivity index (χ3v) is 3.76. The number of nitrogens with zero attached hydrogens (tertiary/aromatic N) is 1. The summed E-state index contributed by atoms with van der Waals surface area (Å²) in [6.07, 6.45) is 13.4. The molecular formula is C14H23NO. The molecule has 0 spiro atoms. The van der Waals surface area contributed by atoms with E-state index in [-0.39, 0.29) is 0 Å². The van der Waals surface area contributed by atoms with E-state index in [2.05, 4.69) is 17.1 Å². The highest BCUT2D eigenvalue weighted by Crippen LogP contribution is 2.19. The SMILES string of the molecule is O=C1CCCC=CC(N2CCCCC2)CC1. The minimum atomic E-state index is 0.464. The van der Waals surface area contributed by atoms with Crippen LogP contribution in [0.4, 0.5) is 0 Å². The van der Waals surface area contributed by atoms with Crippen LogP contribution in [0.1, 0.15) is 51.4 Å². The Hall–Kier alpha value is -0.630. The first-order chi connectivity index (χ1) is 7.86. The molecule has 1 saturated heterocycles. The van der Waals surface area contributed by atoms with Gasteiger partial charge in [-0.3, -0.25) is 9.69 Å². The van der Waals surface area contributed by atoms with Gasteiger partial charge in [0.05, 0.1) is 0 Å². The largest absolute Gasteiger partial charge is 0.300 e. The molecule has 0 N–H and O–H groups in total. The number of carbonyl (C=O) groups excluding carboxylic acids is 1. The maximum atomic E-state index is 11.6. The molecule has 0 amide bonds. The summed E-state index contributed by atoms with van der Waals surface area (Å²) in [7, 11) is 0. The van der Waals surface area contributed by atoms with Crippen LogP contribution >= 0.6 is 0 Å². The van der Waals surface area contributed by atoms with Crippen molar-refractivity contribution in [3.8, 4) is 0 Å². The first kappa shape index (κ1) is 11.8. The lowest BCUT2D eigenvalue weighted by Crippen LogP contribution is -2.38. The molecule has 1 fully saturated rings. The molecule has 2 heteroatoms. The number of Topliss-reactive ketones (excluding diaryl/α,β-unsaturated/α-hetero) is 1. The lowest BCUT2D eigenvalue weighted by atomic mass is 10.0. The quantitative estimate of drug-likeness (QED) is 0.635. The lowest BCUT2D eigenvalue weighted by Gasteiger charge is -2.32. The molecule has 1 heterocycles. The van der Waals surface area contributed by atoms with E-state index >= 15 is 0 Å². The van der Waals surface area contributed by atoms with Gasteiger partial charge in [-0.25, -0.2) is 0 Å². The van der Waals surface area contributed by atoms with Gasteiger partial charge in [0.1, 0.15) is 5.78 Å². The van der Waals surface area contributed by atoms with Crippen LogP contribution in [0.3, 0.4) is 0 Å². The Bertz CT molecular complexity index is 253. The van der Waals surface area contributed by atoms with Crippen molar-refractivity contribution in [1.29, 1.82) is 0 Å². The summed E-state index contributed by atoms with van der Waals surface area (Å²) in [5, 5.41) is 0. The van der Waals surface area contributed by atoms with Gasteiger partial charge in [0, 0.05) is 18.9 Å². The van der Waals surface area contributed by atoms with Gasteiger partial charge in [0.2, 0.25) is 0 Å². The lowest BCUT2D eigenvalue weighted by molar-refractivity contribution is -0.119. The van der Waals surface area contributed by atoms with Crippen LogP contribution in [0.15, 0.2) is 12.2 Å². The second-order valence-electron chi connectivity index (χ2n) is 5.06. The Balaban J connectivity index is 1.93. The monoisotopic (exact) mass is 221 g/mol. The third kappa shape index (κ3) is 3.44. The number of hydrogen-bond donors (Lipinski definition) is 0. The summed E-state index contributed by atoms with van der Waals surface area (Å²) in [6.45, 7) is 2.45. The number of piperidine rings is 1. The molecule has 0 saturated carbocycles. The summed E-state index contributed by atoms with van der Waals surface area (Å²) < 4.78 is 0. The highest BCUT2D eigenvalue weighted by Gasteiger charge is 2.19. The van der Waals surface area contributed by atoms with Crippen LogP contribution in [0.2, 0.25) is 0 Å². The van der Waals surface area contributed by atoms with E-state index in [0.29, 0.717) is 11.8 Å². The number of ketones is 1. The van der Waals surface area contributed by atoms with Crippen molar-refractivity contribution in [3.05, 3.63) is 12.2 Å². The molecule has 16 heavy (non-hydrogen) atoms. The van der Waals surface area contributed by atoms with Crippen molar-refractivity contribution >= 4 is 5.78 Å². The average molecular weight is 221 g/mol. The van der Waals surface area contributed by atoms with Crippen molar-refractivity contribution in [2.24, 2.45) is 0 Å². The number of allylic oxidation sites excluding steroid dienone is 1. The Kier molecular flexibility index (Phi) is 4.58. The second kappa shape index (κ2) is 6.19. The molecule has 90 valence electrons. The number of rotatable bonds is 1. The zero-order valence-corrected chi connectivity index (χ0v) is 10.2. The minimum Gasteiger partial charge on any atom is -0.300 e. The van der Waals surface area contributed by atoms with Crippen molar-refractivity contribution in [2.75, 3.05) is 13.1 Å². The number of hydrogen-bond acceptors (Lipinski definition) is 2. The molecule has 1 aliphatic heterocycles. The fourth-order valence-electron chi connectivity index (χ4n) is 2.75. The van der Waals surface area contributed by atoms with E-state index in [4.69, 9.17) is 0 Å². The van der Waals surface area contributed by atoms with Crippen LogP contribution < -0.4 is 0 Å². The molecular weight excluding hydrogens is 198 g/mol. The standard InChI is InChI=1S/C14H23NO/c16-14-8-4-1-3-7-13(9-10-14)15-11-5-2-6-12-15/h3,7,13H,1-2,4-6,8-12H2. The van der Waals surface area contributed by atoms with Gasteiger partial charge in [-0.2, -0.15) is 0 Å². The zero-order valence-electron chi connectivity index (χ0n) is 10.2. The van der Waals surface area contributed by atoms with Gasteiger partial charge in [-0.1, -0.05) is 18.6 Å². The normalized spacial score (nSPS) is 29.5. The molecule has 0 aromatic carbocycles. The molecule has 2 aliphatic rings. The van der Waals surface area contributed by atoms with E-state index in [1.165, 1.54) is 32.4 Å². The van der Waals surface area contributed by atoms with Crippen LogP contribution in [0, 0.1) is 0 Å². The van der Waals surface area contributed by atoms with Crippen LogP contribution in [0.25, 0.3) is 0 Å². The van der Waals surface area contributed by atoms with Crippen molar-refractivity contribution < 1.29 is 4.79 Å². The van der Waals surface area contributed by atoms with Crippen LogP contribution in [0.5, 0.6) is 0 Å². The van der Waals surface area contributed by atoms with Gasteiger partial charge >= 0.3 is 0 Å². The highest BCUT2D eigenvalue weighted by atomic mass is 16.1. The van der Waals surface area contributed by atoms with Crippen molar-refractivity contribution in [1.82, 2.24) is 4.90 Å². The van der Waals surface area contributed by atoms with Crippen molar-refractivity contribution in [2.45, 2.75) is 57.4 Å². The third-order valence-electron chi connectivity index (χ3n) is 3.76. The Morgan fingerprint density at radius 3 is 2.69 bits per heavy atom. The average Bonchev–Trinajstić information content (AvgIpc) is 2.43. The Morgan fingerprint density at radius 1 is 1.06 bits per heavy atom. The molecule has 0 bridgehead atoms. The first-order valence-corrected chi connectivity index (χ1v) is 6.79. The van der Waals surface area contributed by atoms with Gasteiger partial charge < -0.3 is 0 Å². The van der Waals surface area contributed by atoms with Gasteiger partial charge in [0.15, 0.2) is 0 Å². The van der Waals surface area contributed by atoms with E-state index in [1.807, 2.05) is 0 Å². The van der Waals surface area contributed by atoms with E-state index in [0.717, 1.165) is 32.1 Å². The molecule has 0 aromatic rings. The highest BCUT2D eigenvalue weighted by molar-refractivity contribution is 5.78. The molecule has 1 aliphatic carbocycles. The maximum Gasteiger partial charge on any atom is 0.132 e. The van der Waals surface area contributed by atoms with Gasteiger partial charge in [-0.15, -0.1) is 0 Å². The minimum absolute atomic E-state index is 0.464. The molecule has 2 nitrogen and oxygen atoms in total. The van der Waals surface area contributed by atoms with Crippen LogP contribution in [-0.4, -0.2) is 29.8 Å². The first-order valence-electron chi connectivity index (χ1n) is 6.79.